The maximum absolute atomic E-state index is 6.63. The molecule has 337 valence electrons. The Morgan fingerprint density at radius 1 is 0.551 bits per heavy atom. The van der Waals surface area contributed by atoms with Gasteiger partial charge in [0.1, 0.15) is 22.3 Å². The van der Waals surface area contributed by atoms with Crippen LogP contribution in [0.25, 0.3) is 93.6 Å². The minimum Gasteiger partial charge on any atom is -0.456 e. The molecule has 8 aromatic carbocycles. The molecule has 3 aromatic heterocycles. The van der Waals surface area contributed by atoms with Crippen LogP contribution in [0.2, 0.25) is 0 Å². The van der Waals surface area contributed by atoms with E-state index in [0.29, 0.717) is 0 Å². The van der Waals surface area contributed by atoms with Crippen LogP contribution < -0.4 is 16.2 Å². The van der Waals surface area contributed by atoms with Gasteiger partial charge in [-0.1, -0.05) is 128 Å². The summed E-state index contributed by atoms with van der Waals surface area (Å²) in [6.45, 7) is 23.8. The lowest BCUT2D eigenvalue weighted by Gasteiger charge is -2.42. The van der Waals surface area contributed by atoms with Crippen molar-refractivity contribution in [3.05, 3.63) is 161 Å². The fourth-order valence-electron chi connectivity index (χ4n) is 12.9. The fourth-order valence-corrected chi connectivity index (χ4v) is 12.9. The lowest BCUT2D eigenvalue weighted by molar-refractivity contribution is 0.331. The van der Waals surface area contributed by atoms with Crippen molar-refractivity contribution < 1.29 is 8.83 Å². The summed E-state index contributed by atoms with van der Waals surface area (Å²) in [5.74, 6) is 0. The Morgan fingerprint density at radius 3 is 1.84 bits per heavy atom. The van der Waals surface area contributed by atoms with Crippen LogP contribution in [0.1, 0.15) is 109 Å². The Hall–Kier alpha value is -6.98. The SMILES string of the molecule is Cc1cc(-c2cc3c(cc2Nc2ccc(C(C)(C)C)cc2)C(C)(C)c2cc4c(cc2-3)C(C)(C)CCC4(C)C)c2c3c1c1cc4c(cc1n3-c1cc3c(cc1[B]2)oc1ccccc13)oc1ccccc14. The first-order valence-corrected chi connectivity index (χ1v) is 24.9. The van der Waals surface area contributed by atoms with E-state index in [1.165, 1.54) is 90.2 Å². The molecular weight excluding hydrogens is 840 g/mol. The number of aryl methyl sites for hydroxylation is 1. The smallest absolute Gasteiger partial charge is 0.198 e. The summed E-state index contributed by atoms with van der Waals surface area (Å²) in [7, 11) is 2.44. The third kappa shape index (κ3) is 5.65. The van der Waals surface area contributed by atoms with Crippen molar-refractivity contribution in [2.75, 3.05) is 5.32 Å². The maximum atomic E-state index is 6.63. The summed E-state index contributed by atoms with van der Waals surface area (Å²) in [5, 5.41) is 11.1. The molecule has 0 saturated heterocycles. The van der Waals surface area contributed by atoms with E-state index >= 15 is 0 Å². The second-order valence-electron chi connectivity index (χ2n) is 23.6. The zero-order valence-corrected chi connectivity index (χ0v) is 41.4. The highest BCUT2D eigenvalue weighted by Crippen LogP contribution is 2.56. The van der Waals surface area contributed by atoms with Crippen LogP contribution in [-0.2, 0) is 21.7 Å². The van der Waals surface area contributed by atoms with Crippen LogP contribution in [0, 0.1) is 6.92 Å². The van der Waals surface area contributed by atoms with E-state index in [4.69, 9.17) is 8.83 Å². The van der Waals surface area contributed by atoms with E-state index in [2.05, 4.69) is 214 Å². The van der Waals surface area contributed by atoms with Crippen LogP contribution in [0.15, 0.2) is 136 Å². The molecule has 0 fully saturated rings. The first-order chi connectivity index (χ1) is 32.9. The monoisotopic (exact) mass is 895 g/mol. The van der Waals surface area contributed by atoms with E-state index in [0.717, 1.165) is 71.9 Å². The molecule has 3 aliphatic rings. The summed E-state index contributed by atoms with van der Waals surface area (Å²) >= 11 is 0. The topological polar surface area (TPSA) is 43.2 Å². The van der Waals surface area contributed by atoms with E-state index in [-0.39, 0.29) is 21.7 Å². The highest BCUT2D eigenvalue weighted by Gasteiger charge is 2.43. The summed E-state index contributed by atoms with van der Waals surface area (Å²) in [6, 6.07) is 47.9. The maximum Gasteiger partial charge on any atom is 0.198 e. The standard InChI is InChI=1S/C64H56BN2O2/c1-34-25-44(41-26-39-40-28-48-49(63(7,8)24-23-62(48,5)6)30-46(40)64(9,10)47(39)31-51(41)66-36-21-19-35(20-22-36)61(2,3)4)59-60-58(34)45-27-42-37-15-11-13-17-54(37)69-57(42)33-52(45)67(60)53-29-43-38-16-12-14-18-55(38)68-56(43)32-50(53)65-59/h11-22,25-33,66H,23-24H2,1-10H3. The van der Waals surface area contributed by atoms with Crippen molar-refractivity contribution in [1.29, 1.82) is 0 Å². The lowest BCUT2D eigenvalue weighted by Crippen LogP contribution is -2.37. The van der Waals surface area contributed by atoms with E-state index in [1.54, 1.807) is 0 Å². The zero-order chi connectivity index (χ0) is 47.3. The molecule has 0 bridgehead atoms. The number of fused-ring (bicyclic) bond motifs is 15. The Kier molecular flexibility index (Phi) is 7.98. The molecule has 1 radical (unpaired) electrons. The highest BCUT2D eigenvalue weighted by molar-refractivity contribution is 6.74. The molecule has 1 N–H and O–H groups in total. The van der Waals surface area contributed by atoms with Gasteiger partial charge in [0.05, 0.1) is 5.52 Å². The number of benzene rings is 8. The van der Waals surface area contributed by atoms with Gasteiger partial charge in [-0.2, -0.15) is 0 Å². The average Bonchev–Trinajstić information content (AvgIpc) is 4.03. The minimum atomic E-state index is -0.201. The molecule has 4 nitrogen and oxygen atoms in total. The molecule has 14 rings (SSSR count). The van der Waals surface area contributed by atoms with Crippen LogP contribution in [0.4, 0.5) is 11.4 Å². The molecule has 5 heteroatoms. The Labute approximate surface area is 404 Å². The predicted molar refractivity (Wildman–Crippen MR) is 292 cm³/mol. The second kappa shape index (κ2) is 13.4. The van der Waals surface area contributed by atoms with E-state index < -0.39 is 0 Å². The van der Waals surface area contributed by atoms with E-state index in [1.807, 2.05) is 0 Å². The number of hydrogen-bond acceptors (Lipinski definition) is 3. The van der Waals surface area contributed by atoms with Gasteiger partial charge in [0, 0.05) is 71.9 Å². The Morgan fingerprint density at radius 2 is 1.16 bits per heavy atom. The number of aromatic nitrogens is 1. The third-order valence-corrected chi connectivity index (χ3v) is 16.9. The zero-order valence-electron chi connectivity index (χ0n) is 41.4. The number of para-hydroxylation sites is 2. The minimum absolute atomic E-state index is 0.0547. The van der Waals surface area contributed by atoms with Gasteiger partial charge in [-0.25, -0.2) is 0 Å². The molecule has 0 unspecified atom stereocenters. The molecule has 0 saturated carbocycles. The van der Waals surface area contributed by atoms with Gasteiger partial charge in [0.25, 0.3) is 0 Å². The number of hydrogen-bond donors (Lipinski definition) is 1. The van der Waals surface area contributed by atoms with Gasteiger partial charge in [0.2, 0.25) is 0 Å². The summed E-state index contributed by atoms with van der Waals surface area (Å²) in [5.41, 5.74) is 25.1. The van der Waals surface area contributed by atoms with Crippen molar-refractivity contribution in [3.8, 4) is 27.9 Å². The molecule has 69 heavy (non-hydrogen) atoms. The van der Waals surface area contributed by atoms with Gasteiger partial charge in [0.15, 0.2) is 7.28 Å². The van der Waals surface area contributed by atoms with Crippen LogP contribution in [0.5, 0.6) is 0 Å². The van der Waals surface area contributed by atoms with Gasteiger partial charge in [-0.05, 0) is 152 Å². The average molecular weight is 896 g/mol. The van der Waals surface area contributed by atoms with E-state index in [9.17, 15) is 0 Å². The van der Waals surface area contributed by atoms with Crippen LogP contribution in [-0.4, -0.2) is 11.8 Å². The molecule has 0 atom stereocenters. The first-order valence-electron chi connectivity index (χ1n) is 24.9. The quantitative estimate of drug-likeness (QED) is 0.180. The van der Waals surface area contributed by atoms with Gasteiger partial charge >= 0.3 is 0 Å². The van der Waals surface area contributed by atoms with Crippen molar-refractivity contribution >= 4 is 95.3 Å². The summed E-state index contributed by atoms with van der Waals surface area (Å²) in [6.07, 6.45) is 2.37. The number of nitrogens with one attached hydrogen (secondary N) is 1. The molecule has 0 amide bonds. The largest absolute Gasteiger partial charge is 0.456 e. The lowest BCUT2D eigenvalue weighted by atomic mass is 9.58. The first kappa shape index (κ1) is 41.0. The van der Waals surface area contributed by atoms with Crippen molar-refractivity contribution in [1.82, 2.24) is 4.57 Å². The van der Waals surface area contributed by atoms with Crippen LogP contribution in [0.3, 0.4) is 0 Å². The molecular formula is C64H56BN2O2. The van der Waals surface area contributed by atoms with Gasteiger partial charge < -0.3 is 18.7 Å². The highest BCUT2D eigenvalue weighted by atomic mass is 16.3. The molecule has 11 aromatic rings. The third-order valence-electron chi connectivity index (χ3n) is 16.9. The molecule has 0 spiro atoms. The number of furan rings is 2. The number of rotatable bonds is 3. The normalized spacial score (nSPS) is 16.3. The van der Waals surface area contributed by atoms with Crippen LogP contribution >= 0.6 is 0 Å². The van der Waals surface area contributed by atoms with Gasteiger partial charge in [-0.3, -0.25) is 0 Å². The number of anilines is 2. The predicted octanol–water partition coefficient (Wildman–Crippen LogP) is 16.2. The summed E-state index contributed by atoms with van der Waals surface area (Å²) in [4.78, 5) is 0. The molecule has 2 aliphatic carbocycles. The Balaban J connectivity index is 1.08. The van der Waals surface area contributed by atoms with Crippen molar-refractivity contribution in [3.63, 3.8) is 0 Å². The Bertz CT molecular complexity index is 4090. The van der Waals surface area contributed by atoms with Gasteiger partial charge in [-0.15, -0.1) is 0 Å². The second-order valence-corrected chi connectivity index (χ2v) is 23.6. The molecule has 4 heterocycles. The van der Waals surface area contributed by atoms with Crippen molar-refractivity contribution in [2.45, 2.75) is 104 Å². The van der Waals surface area contributed by atoms with Crippen molar-refractivity contribution in [2.24, 2.45) is 0 Å². The molecule has 1 aliphatic heterocycles. The summed E-state index contributed by atoms with van der Waals surface area (Å²) < 4.78 is 15.8. The number of nitrogens with zero attached hydrogens (tertiary/aromatic N) is 1. The fraction of sp³-hybridized carbons (Fsp3) is 0.250.